The first-order chi connectivity index (χ1) is 12.4. The molecule has 0 N–H and O–H groups in total. The van der Waals surface area contributed by atoms with Crippen molar-refractivity contribution in [3.63, 3.8) is 0 Å². The lowest BCUT2D eigenvalue weighted by atomic mass is 9.92. The smallest absolute Gasteiger partial charge is 0.225 e. The van der Waals surface area contributed by atoms with Gasteiger partial charge in [0.15, 0.2) is 0 Å². The molecule has 0 bridgehead atoms. The minimum Gasteiger partial charge on any atom is -0.342 e. The standard InChI is InChI=1S/C17H27N5O3S/c1-26(24,25)21-10-6-13(7-11-21)17(23)20-8-2-4-14(12-20)16-19-18-15-5-3-9-22(15)16/h13-14H,2-12H2,1H3. The van der Waals surface area contributed by atoms with Gasteiger partial charge in [-0.3, -0.25) is 4.79 Å². The van der Waals surface area contributed by atoms with Crippen molar-refractivity contribution in [1.29, 1.82) is 0 Å². The van der Waals surface area contributed by atoms with E-state index in [4.69, 9.17) is 0 Å². The fourth-order valence-corrected chi connectivity index (χ4v) is 5.43. The molecule has 1 aromatic heterocycles. The third-order valence-corrected chi connectivity index (χ3v) is 7.31. The topological polar surface area (TPSA) is 88.4 Å². The van der Waals surface area contributed by atoms with E-state index < -0.39 is 10.0 Å². The van der Waals surface area contributed by atoms with E-state index in [0.717, 1.165) is 50.4 Å². The van der Waals surface area contributed by atoms with Crippen molar-refractivity contribution in [2.75, 3.05) is 32.4 Å². The molecule has 0 radical (unpaired) electrons. The average Bonchev–Trinajstić information content (AvgIpc) is 3.24. The van der Waals surface area contributed by atoms with Crippen LogP contribution in [-0.4, -0.2) is 70.7 Å². The molecule has 0 spiro atoms. The van der Waals surface area contributed by atoms with E-state index in [-0.39, 0.29) is 17.7 Å². The quantitative estimate of drug-likeness (QED) is 0.765. The van der Waals surface area contributed by atoms with Crippen molar-refractivity contribution >= 4 is 15.9 Å². The molecule has 1 amide bonds. The Balaban J connectivity index is 1.39. The number of fused-ring (bicyclic) bond motifs is 1. The molecule has 4 rings (SSSR count). The highest BCUT2D eigenvalue weighted by atomic mass is 32.2. The molecule has 0 aromatic carbocycles. The molecule has 1 atom stereocenters. The number of nitrogens with zero attached hydrogens (tertiary/aromatic N) is 5. The van der Waals surface area contributed by atoms with Crippen molar-refractivity contribution in [3.05, 3.63) is 11.6 Å². The second-order valence-corrected chi connectivity index (χ2v) is 9.77. The molecule has 1 unspecified atom stereocenters. The van der Waals surface area contributed by atoms with Gasteiger partial charge in [-0.1, -0.05) is 0 Å². The highest BCUT2D eigenvalue weighted by Crippen LogP contribution is 2.30. The number of amides is 1. The van der Waals surface area contributed by atoms with Gasteiger partial charge in [-0.05, 0) is 32.1 Å². The van der Waals surface area contributed by atoms with Crippen LogP contribution in [0.4, 0.5) is 0 Å². The average molecular weight is 382 g/mol. The Bertz CT molecular complexity index is 782. The van der Waals surface area contributed by atoms with Gasteiger partial charge < -0.3 is 9.47 Å². The van der Waals surface area contributed by atoms with Crippen LogP contribution in [0.1, 0.15) is 49.7 Å². The molecular formula is C17H27N5O3S. The number of piperidine rings is 2. The lowest BCUT2D eigenvalue weighted by Crippen LogP contribution is -2.46. The Morgan fingerprint density at radius 3 is 2.54 bits per heavy atom. The Kier molecular flexibility index (Phi) is 4.77. The van der Waals surface area contributed by atoms with Gasteiger partial charge in [-0.2, -0.15) is 0 Å². The van der Waals surface area contributed by atoms with E-state index in [0.29, 0.717) is 32.5 Å². The van der Waals surface area contributed by atoms with Gasteiger partial charge in [0.05, 0.1) is 6.26 Å². The van der Waals surface area contributed by atoms with Crippen LogP contribution in [0.15, 0.2) is 0 Å². The lowest BCUT2D eigenvalue weighted by Gasteiger charge is -2.37. The number of aryl methyl sites for hydroxylation is 1. The first-order valence-electron chi connectivity index (χ1n) is 9.59. The highest BCUT2D eigenvalue weighted by Gasteiger charge is 2.35. The van der Waals surface area contributed by atoms with Crippen LogP contribution in [-0.2, 0) is 27.8 Å². The predicted octanol–water partition coefficient (Wildman–Crippen LogP) is 0.602. The van der Waals surface area contributed by atoms with Gasteiger partial charge in [0.1, 0.15) is 11.6 Å². The van der Waals surface area contributed by atoms with Gasteiger partial charge >= 0.3 is 0 Å². The molecule has 144 valence electrons. The summed E-state index contributed by atoms with van der Waals surface area (Å²) in [7, 11) is -3.15. The minimum atomic E-state index is -3.15. The fraction of sp³-hybridized carbons (Fsp3) is 0.824. The largest absolute Gasteiger partial charge is 0.342 e. The van der Waals surface area contributed by atoms with Crippen molar-refractivity contribution in [3.8, 4) is 0 Å². The molecule has 1 aromatic rings. The van der Waals surface area contributed by atoms with Crippen LogP contribution >= 0.6 is 0 Å². The predicted molar refractivity (Wildman–Crippen MR) is 96.0 cm³/mol. The Morgan fingerprint density at radius 2 is 1.81 bits per heavy atom. The first-order valence-corrected chi connectivity index (χ1v) is 11.4. The summed E-state index contributed by atoms with van der Waals surface area (Å²) >= 11 is 0. The molecule has 3 aliphatic rings. The van der Waals surface area contributed by atoms with Crippen LogP contribution in [0.25, 0.3) is 0 Å². The van der Waals surface area contributed by atoms with E-state index in [1.807, 2.05) is 4.90 Å². The minimum absolute atomic E-state index is 0.0594. The number of rotatable bonds is 3. The Morgan fingerprint density at radius 1 is 1.04 bits per heavy atom. The third-order valence-electron chi connectivity index (χ3n) is 6.01. The van der Waals surface area contributed by atoms with E-state index in [1.54, 1.807) is 0 Å². The van der Waals surface area contributed by atoms with Crippen molar-refractivity contribution in [1.82, 2.24) is 24.0 Å². The molecular weight excluding hydrogens is 354 g/mol. The molecule has 2 fully saturated rings. The van der Waals surface area contributed by atoms with Crippen LogP contribution in [0.5, 0.6) is 0 Å². The third kappa shape index (κ3) is 3.38. The van der Waals surface area contributed by atoms with Crippen molar-refractivity contribution < 1.29 is 13.2 Å². The van der Waals surface area contributed by atoms with Gasteiger partial charge in [0.2, 0.25) is 15.9 Å². The summed E-state index contributed by atoms with van der Waals surface area (Å²) in [5.74, 6) is 2.52. The van der Waals surface area contributed by atoms with E-state index in [1.165, 1.54) is 10.6 Å². The van der Waals surface area contributed by atoms with Crippen LogP contribution in [0, 0.1) is 5.92 Å². The molecule has 9 heteroatoms. The summed E-state index contributed by atoms with van der Waals surface area (Å²) in [4.78, 5) is 15.0. The van der Waals surface area contributed by atoms with E-state index >= 15 is 0 Å². The number of likely N-dealkylation sites (tertiary alicyclic amines) is 1. The molecule has 4 heterocycles. The second kappa shape index (κ2) is 6.92. The molecule has 2 saturated heterocycles. The summed E-state index contributed by atoms with van der Waals surface area (Å²) in [6.07, 6.45) is 6.64. The van der Waals surface area contributed by atoms with Gasteiger partial charge in [0, 0.05) is 51.0 Å². The number of hydrogen-bond donors (Lipinski definition) is 0. The van der Waals surface area contributed by atoms with E-state index in [9.17, 15) is 13.2 Å². The number of aromatic nitrogens is 3. The fourth-order valence-electron chi connectivity index (χ4n) is 4.56. The summed E-state index contributed by atoms with van der Waals surface area (Å²) in [5, 5.41) is 8.72. The van der Waals surface area contributed by atoms with Crippen LogP contribution < -0.4 is 0 Å². The number of hydrogen-bond acceptors (Lipinski definition) is 5. The maximum atomic E-state index is 13.0. The zero-order valence-electron chi connectivity index (χ0n) is 15.3. The Labute approximate surface area is 154 Å². The Hall–Kier alpha value is -1.48. The lowest BCUT2D eigenvalue weighted by molar-refractivity contribution is -0.138. The normalized spacial score (nSPS) is 25.4. The zero-order valence-corrected chi connectivity index (χ0v) is 16.1. The summed E-state index contributed by atoms with van der Waals surface area (Å²) in [5.41, 5.74) is 0. The van der Waals surface area contributed by atoms with Gasteiger partial charge in [-0.15, -0.1) is 10.2 Å². The van der Waals surface area contributed by atoms with Crippen molar-refractivity contribution in [2.45, 2.75) is 51.0 Å². The molecule has 8 nitrogen and oxygen atoms in total. The zero-order chi connectivity index (χ0) is 18.3. The molecule has 0 aliphatic carbocycles. The maximum absolute atomic E-state index is 13.0. The number of sulfonamides is 1. The molecule has 3 aliphatic heterocycles. The van der Waals surface area contributed by atoms with Crippen LogP contribution in [0.2, 0.25) is 0 Å². The SMILES string of the molecule is CS(=O)(=O)N1CCC(C(=O)N2CCCC(c3nnc4n3CCC4)C2)CC1. The monoisotopic (exact) mass is 381 g/mol. The number of carbonyl (C=O) groups is 1. The molecule has 26 heavy (non-hydrogen) atoms. The maximum Gasteiger partial charge on any atom is 0.225 e. The second-order valence-electron chi connectivity index (χ2n) is 7.79. The summed E-state index contributed by atoms with van der Waals surface area (Å²) < 4.78 is 27.0. The van der Waals surface area contributed by atoms with Gasteiger partial charge in [-0.25, -0.2) is 12.7 Å². The summed E-state index contributed by atoms with van der Waals surface area (Å²) in [6.45, 7) is 3.40. The first kappa shape index (κ1) is 17.9. The van der Waals surface area contributed by atoms with Crippen LogP contribution in [0.3, 0.4) is 0 Å². The van der Waals surface area contributed by atoms with Crippen molar-refractivity contribution in [2.24, 2.45) is 5.92 Å². The van der Waals surface area contributed by atoms with Gasteiger partial charge in [0.25, 0.3) is 0 Å². The summed E-state index contributed by atoms with van der Waals surface area (Å²) in [6, 6.07) is 0. The molecule has 0 saturated carbocycles. The number of carbonyl (C=O) groups excluding carboxylic acids is 1. The highest BCUT2D eigenvalue weighted by molar-refractivity contribution is 7.88. The van der Waals surface area contributed by atoms with E-state index in [2.05, 4.69) is 14.8 Å².